The fraction of sp³-hybridized carbons (Fsp3) is 0.409. The molecule has 0 radical (unpaired) electrons. The third-order valence-electron chi connectivity index (χ3n) is 5.01. The van der Waals surface area contributed by atoms with Gasteiger partial charge in [-0.2, -0.15) is 0 Å². The topological polar surface area (TPSA) is 66.5 Å². The summed E-state index contributed by atoms with van der Waals surface area (Å²) < 4.78 is 26.0. The maximum atomic E-state index is 12.8. The lowest BCUT2D eigenvalue weighted by Crippen LogP contribution is -2.47. The minimum atomic E-state index is -3.68. The molecule has 2 rings (SSSR count). The molecule has 0 aliphatic carbocycles. The average Bonchev–Trinajstić information content (AvgIpc) is 2.67. The summed E-state index contributed by atoms with van der Waals surface area (Å²) in [6.07, 6.45) is 2.86. The van der Waals surface area contributed by atoms with Gasteiger partial charge in [-0.1, -0.05) is 49.7 Å². The van der Waals surface area contributed by atoms with Crippen LogP contribution in [0.5, 0.6) is 0 Å². The van der Waals surface area contributed by atoms with Crippen molar-refractivity contribution >= 4 is 33.2 Å². The first-order chi connectivity index (χ1) is 13.6. The van der Waals surface area contributed by atoms with Gasteiger partial charge in [-0.15, -0.1) is 0 Å². The number of nitrogens with one attached hydrogen (secondary N) is 1. The first kappa shape index (κ1) is 23.2. The van der Waals surface area contributed by atoms with Crippen molar-refractivity contribution in [3.8, 4) is 0 Å². The van der Waals surface area contributed by atoms with Crippen molar-refractivity contribution in [3.05, 3.63) is 63.7 Å². The summed E-state index contributed by atoms with van der Waals surface area (Å²) in [7, 11) is -3.68. The molecule has 1 N–H and O–H groups in total. The molecule has 1 unspecified atom stereocenters. The van der Waals surface area contributed by atoms with Crippen LogP contribution < -0.4 is 9.62 Å². The molecular weight excluding hydrogens is 408 g/mol. The number of anilines is 1. The Morgan fingerprint density at radius 1 is 1.10 bits per heavy atom. The second-order valence-corrected chi connectivity index (χ2v) is 9.46. The van der Waals surface area contributed by atoms with Gasteiger partial charge in [0, 0.05) is 11.6 Å². The molecule has 0 aliphatic heterocycles. The SMILES string of the molecule is CCc1ccc(CC)c(CNC(=O)C(C)N(c2ccc(C)c(Cl)c2)S(C)(=O)=O)c1. The van der Waals surface area contributed by atoms with Gasteiger partial charge < -0.3 is 5.32 Å². The van der Waals surface area contributed by atoms with E-state index in [1.165, 1.54) is 11.1 Å². The van der Waals surface area contributed by atoms with E-state index in [4.69, 9.17) is 11.6 Å². The Morgan fingerprint density at radius 3 is 2.34 bits per heavy atom. The average molecular weight is 437 g/mol. The highest BCUT2D eigenvalue weighted by molar-refractivity contribution is 7.92. The molecule has 7 heteroatoms. The number of benzene rings is 2. The Bertz CT molecular complexity index is 990. The number of nitrogens with zero attached hydrogens (tertiary/aromatic N) is 1. The summed E-state index contributed by atoms with van der Waals surface area (Å²) in [6.45, 7) is 7.92. The second kappa shape index (κ2) is 9.63. The Balaban J connectivity index is 2.25. The van der Waals surface area contributed by atoms with Crippen molar-refractivity contribution in [1.82, 2.24) is 5.32 Å². The van der Waals surface area contributed by atoms with Crippen molar-refractivity contribution in [1.29, 1.82) is 0 Å². The lowest BCUT2D eigenvalue weighted by Gasteiger charge is -2.28. The third kappa shape index (κ3) is 5.73. The molecule has 2 aromatic rings. The number of carbonyl (C=O) groups excluding carboxylic acids is 1. The van der Waals surface area contributed by atoms with Crippen LogP contribution in [-0.4, -0.2) is 26.6 Å². The van der Waals surface area contributed by atoms with Crippen LogP contribution >= 0.6 is 11.6 Å². The predicted octanol–water partition coefficient (Wildman–Crippen LogP) is 4.24. The van der Waals surface area contributed by atoms with Crippen LogP contribution in [0.2, 0.25) is 5.02 Å². The number of amides is 1. The van der Waals surface area contributed by atoms with Gasteiger partial charge in [0.05, 0.1) is 11.9 Å². The van der Waals surface area contributed by atoms with Crippen molar-refractivity contribution in [2.45, 2.75) is 53.1 Å². The molecule has 0 saturated heterocycles. The lowest BCUT2D eigenvalue weighted by atomic mass is 10.0. The van der Waals surface area contributed by atoms with Gasteiger partial charge in [0.25, 0.3) is 0 Å². The molecule has 1 atom stereocenters. The number of carbonyl (C=O) groups is 1. The number of sulfonamides is 1. The summed E-state index contributed by atoms with van der Waals surface area (Å²) in [4.78, 5) is 12.8. The predicted molar refractivity (Wildman–Crippen MR) is 120 cm³/mol. The molecule has 0 fully saturated rings. The van der Waals surface area contributed by atoms with Gasteiger partial charge in [-0.3, -0.25) is 9.10 Å². The van der Waals surface area contributed by atoms with E-state index in [2.05, 4.69) is 37.4 Å². The minimum Gasteiger partial charge on any atom is -0.350 e. The third-order valence-corrected chi connectivity index (χ3v) is 6.66. The Hall–Kier alpha value is -2.05. The first-order valence-electron chi connectivity index (χ1n) is 9.72. The summed E-state index contributed by atoms with van der Waals surface area (Å²) in [5.41, 5.74) is 4.63. The van der Waals surface area contributed by atoms with Gasteiger partial charge >= 0.3 is 0 Å². The molecule has 0 aliphatic rings. The van der Waals surface area contributed by atoms with E-state index in [-0.39, 0.29) is 5.91 Å². The molecule has 2 aromatic carbocycles. The van der Waals surface area contributed by atoms with Gasteiger partial charge in [-0.25, -0.2) is 8.42 Å². The largest absolute Gasteiger partial charge is 0.350 e. The van der Waals surface area contributed by atoms with Crippen LogP contribution in [0, 0.1) is 6.92 Å². The second-order valence-electron chi connectivity index (χ2n) is 7.20. The number of aryl methyl sites for hydroxylation is 3. The normalized spacial score (nSPS) is 12.5. The number of hydrogen-bond donors (Lipinski definition) is 1. The van der Waals surface area contributed by atoms with Crippen molar-refractivity contribution in [3.63, 3.8) is 0 Å². The van der Waals surface area contributed by atoms with Crippen LogP contribution in [0.15, 0.2) is 36.4 Å². The van der Waals surface area contributed by atoms with Gasteiger partial charge in [0.2, 0.25) is 15.9 Å². The quantitative estimate of drug-likeness (QED) is 0.672. The van der Waals surface area contributed by atoms with E-state index >= 15 is 0 Å². The summed E-state index contributed by atoms with van der Waals surface area (Å²) in [5, 5.41) is 3.35. The maximum Gasteiger partial charge on any atom is 0.243 e. The van der Waals surface area contributed by atoms with Gasteiger partial charge in [0.15, 0.2) is 0 Å². The summed E-state index contributed by atoms with van der Waals surface area (Å²) >= 11 is 6.17. The fourth-order valence-electron chi connectivity index (χ4n) is 3.27. The van der Waals surface area contributed by atoms with E-state index in [0.29, 0.717) is 17.3 Å². The Kier molecular flexibility index (Phi) is 7.72. The molecule has 0 heterocycles. The Morgan fingerprint density at radius 2 is 1.79 bits per heavy atom. The number of halogens is 1. The molecule has 5 nitrogen and oxygen atoms in total. The zero-order valence-electron chi connectivity index (χ0n) is 17.6. The van der Waals surface area contributed by atoms with E-state index in [1.807, 2.05) is 6.92 Å². The highest BCUT2D eigenvalue weighted by Gasteiger charge is 2.29. The maximum absolute atomic E-state index is 12.8. The highest BCUT2D eigenvalue weighted by atomic mass is 35.5. The molecular formula is C22H29ClN2O3S. The molecule has 29 heavy (non-hydrogen) atoms. The molecule has 0 saturated carbocycles. The van der Waals surface area contributed by atoms with E-state index < -0.39 is 16.1 Å². The number of hydrogen-bond acceptors (Lipinski definition) is 3. The lowest BCUT2D eigenvalue weighted by molar-refractivity contribution is -0.122. The first-order valence-corrected chi connectivity index (χ1v) is 11.9. The Labute approximate surface area is 179 Å². The zero-order valence-corrected chi connectivity index (χ0v) is 19.2. The van der Waals surface area contributed by atoms with Crippen LogP contribution in [0.1, 0.15) is 43.0 Å². The fourth-order valence-corrected chi connectivity index (χ4v) is 4.61. The molecule has 0 bridgehead atoms. The highest BCUT2D eigenvalue weighted by Crippen LogP contribution is 2.26. The van der Waals surface area contributed by atoms with Crippen LogP contribution in [0.3, 0.4) is 0 Å². The minimum absolute atomic E-state index is 0.354. The van der Waals surface area contributed by atoms with Crippen molar-refractivity contribution in [2.24, 2.45) is 0 Å². The summed E-state index contributed by atoms with van der Waals surface area (Å²) in [5.74, 6) is -0.365. The summed E-state index contributed by atoms with van der Waals surface area (Å²) in [6, 6.07) is 10.3. The molecule has 1 amide bonds. The van der Waals surface area contributed by atoms with E-state index in [0.717, 1.165) is 34.5 Å². The van der Waals surface area contributed by atoms with Crippen molar-refractivity contribution < 1.29 is 13.2 Å². The molecule has 158 valence electrons. The van der Waals surface area contributed by atoms with Crippen LogP contribution in [0.25, 0.3) is 0 Å². The standard InChI is InChI=1S/C22H29ClN2O3S/c1-6-17-9-10-18(7-2)19(12-17)14-24-22(26)16(4)25(29(5,27)28)20-11-8-15(3)21(23)13-20/h8-13,16H,6-7,14H2,1-5H3,(H,24,26). The monoisotopic (exact) mass is 436 g/mol. The van der Waals surface area contributed by atoms with Gasteiger partial charge in [0.1, 0.15) is 6.04 Å². The smallest absolute Gasteiger partial charge is 0.243 e. The van der Waals surface area contributed by atoms with E-state index in [1.54, 1.807) is 25.1 Å². The van der Waals surface area contributed by atoms with Gasteiger partial charge in [-0.05, 0) is 61.1 Å². The molecule has 0 spiro atoms. The number of rotatable bonds is 8. The van der Waals surface area contributed by atoms with Crippen LogP contribution in [0.4, 0.5) is 5.69 Å². The van der Waals surface area contributed by atoms with Crippen LogP contribution in [-0.2, 0) is 34.2 Å². The van der Waals surface area contributed by atoms with E-state index in [9.17, 15) is 13.2 Å². The zero-order chi connectivity index (χ0) is 21.8. The molecule has 0 aromatic heterocycles. The van der Waals surface area contributed by atoms with Crippen molar-refractivity contribution in [2.75, 3.05) is 10.6 Å².